The van der Waals surface area contributed by atoms with Gasteiger partial charge in [-0.05, 0) is 60.0 Å². The van der Waals surface area contributed by atoms with E-state index in [1.54, 1.807) is 10.8 Å². The maximum atomic E-state index is 15.9. The first-order chi connectivity index (χ1) is 15.0. The van der Waals surface area contributed by atoms with Crippen molar-refractivity contribution in [2.24, 2.45) is 18.9 Å². The fourth-order valence-electron chi connectivity index (χ4n) is 5.46. The zero-order chi connectivity index (χ0) is 21.4. The monoisotopic (exact) mass is 415 g/mol. The van der Waals surface area contributed by atoms with Crippen LogP contribution in [0.4, 0.5) is 8.78 Å². The van der Waals surface area contributed by atoms with E-state index in [9.17, 15) is 9.50 Å². The molecule has 1 saturated carbocycles. The van der Waals surface area contributed by atoms with Crippen LogP contribution in [0.1, 0.15) is 17.0 Å². The number of terminal acetylenes is 1. The summed E-state index contributed by atoms with van der Waals surface area (Å²) in [6, 6.07) is 5.64. The number of halogens is 2. The molecule has 4 nitrogen and oxygen atoms in total. The highest BCUT2D eigenvalue weighted by atomic mass is 19.1. The van der Waals surface area contributed by atoms with Gasteiger partial charge < -0.3 is 15.0 Å². The second-order valence-electron chi connectivity index (χ2n) is 8.55. The Bertz CT molecular complexity index is 1440. The van der Waals surface area contributed by atoms with Crippen molar-refractivity contribution in [3.8, 4) is 29.4 Å². The molecular weight excluding hydrogens is 396 g/mol. The SMILES string of the molecule is C#Cc1c(F)ccc2cc(O)cc(-c3ncc4c(C5[C@H]6CNC[C@@H]56)cn(C)c4c3F)c12. The standard InChI is InChI=1S/C25H19F2N3O/c1-3-14-20(26)5-4-12-6-13(31)7-15(21(12)14)24-23(27)25-18(10-29-24)19(11-30(25)2)22-16-8-28-9-17(16)22/h1,4-7,10-11,16-17,22,28,31H,8-9H2,2H3/t16-,17+,22?. The molecule has 31 heavy (non-hydrogen) atoms. The van der Waals surface area contributed by atoms with Crippen LogP contribution in [0.15, 0.2) is 36.7 Å². The number of phenolic OH excluding ortho intramolecular Hbond substituents is 1. The van der Waals surface area contributed by atoms with Crippen molar-refractivity contribution in [2.75, 3.05) is 13.1 Å². The average Bonchev–Trinajstić information content (AvgIpc) is 3.07. The Morgan fingerprint density at radius 3 is 2.74 bits per heavy atom. The van der Waals surface area contributed by atoms with Gasteiger partial charge >= 0.3 is 0 Å². The van der Waals surface area contributed by atoms with E-state index >= 15 is 4.39 Å². The minimum Gasteiger partial charge on any atom is -0.508 e. The van der Waals surface area contributed by atoms with E-state index in [0.717, 1.165) is 24.0 Å². The van der Waals surface area contributed by atoms with Crippen LogP contribution in [0.25, 0.3) is 32.9 Å². The molecule has 2 N–H and O–H groups in total. The van der Waals surface area contributed by atoms with Crippen molar-refractivity contribution in [1.82, 2.24) is 14.9 Å². The average molecular weight is 415 g/mol. The molecule has 1 unspecified atom stereocenters. The summed E-state index contributed by atoms with van der Waals surface area (Å²) in [6.45, 7) is 1.99. The van der Waals surface area contributed by atoms with Gasteiger partial charge in [0.15, 0.2) is 5.82 Å². The van der Waals surface area contributed by atoms with Crippen LogP contribution in [0.2, 0.25) is 0 Å². The molecule has 1 aliphatic heterocycles. The highest BCUT2D eigenvalue weighted by molar-refractivity contribution is 6.02. The third kappa shape index (κ3) is 2.47. The largest absolute Gasteiger partial charge is 0.508 e. The number of pyridine rings is 1. The maximum absolute atomic E-state index is 15.9. The first-order valence-electron chi connectivity index (χ1n) is 10.3. The molecule has 3 heterocycles. The number of nitrogens with one attached hydrogen (secondary N) is 1. The molecule has 154 valence electrons. The first kappa shape index (κ1) is 18.3. The molecule has 0 radical (unpaired) electrons. The van der Waals surface area contributed by atoms with Gasteiger partial charge in [-0.2, -0.15) is 0 Å². The molecule has 4 aromatic rings. The molecule has 0 spiro atoms. The van der Waals surface area contributed by atoms with E-state index in [1.165, 1.54) is 24.3 Å². The van der Waals surface area contributed by atoms with Gasteiger partial charge in [0.25, 0.3) is 0 Å². The molecular formula is C25H19F2N3O. The third-order valence-electron chi connectivity index (χ3n) is 6.89. The Morgan fingerprint density at radius 1 is 1.23 bits per heavy atom. The van der Waals surface area contributed by atoms with Crippen LogP contribution in [-0.4, -0.2) is 27.7 Å². The van der Waals surface area contributed by atoms with Gasteiger partial charge in [-0.25, -0.2) is 8.78 Å². The van der Waals surface area contributed by atoms with Gasteiger partial charge in [-0.1, -0.05) is 12.0 Å². The summed E-state index contributed by atoms with van der Waals surface area (Å²) in [7, 11) is 1.82. The van der Waals surface area contributed by atoms with Crippen LogP contribution in [0.5, 0.6) is 5.75 Å². The van der Waals surface area contributed by atoms with Crippen molar-refractivity contribution < 1.29 is 13.9 Å². The zero-order valence-electron chi connectivity index (χ0n) is 16.8. The highest BCUT2D eigenvalue weighted by Gasteiger charge is 2.54. The van der Waals surface area contributed by atoms with Gasteiger partial charge in [0, 0.05) is 35.8 Å². The van der Waals surface area contributed by atoms with E-state index in [0.29, 0.717) is 34.0 Å². The lowest BCUT2D eigenvalue weighted by Gasteiger charge is -2.12. The first-order valence-corrected chi connectivity index (χ1v) is 10.3. The number of aryl methyl sites for hydroxylation is 1. The Labute approximate surface area is 177 Å². The Hall–Kier alpha value is -3.43. The second-order valence-corrected chi connectivity index (χ2v) is 8.55. The fourth-order valence-corrected chi connectivity index (χ4v) is 5.46. The van der Waals surface area contributed by atoms with Crippen LogP contribution >= 0.6 is 0 Å². The molecule has 1 saturated heterocycles. The molecule has 2 fully saturated rings. The number of phenols is 1. The summed E-state index contributed by atoms with van der Waals surface area (Å²) >= 11 is 0. The van der Waals surface area contributed by atoms with Gasteiger partial charge in [0.2, 0.25) is 0 Å². The molecule has 2 aromatic heterocycles. The number of nitrogens with zero attached hydrogens (tertiary/aromatic N) is 2. The Kier molecular flexibility index (Phi) is 3.72. The van der Waals surface area contributed by atoms with E-state index in [1.807, 2.05) is 13.2 Å². The van der Waals surface area contributed by atoms with Gasteiger partial charge in [0.1, 0.15) is 17.3 Å². The summed E-state index contributed by atoms with van der Waals surface area (Å²) in [5.74, 6) is 2.86. The summed E-state index contributed by atoms with van der Waals surface area (Å²) in [5.41, 5.74) is 1.92. The number of benzene rings is 2. The lowest BCUT2D eigenvalue weighted by atomic mass is 9.95. The molecule has 1 aliphatic carbocycles. The van der Waals surface area contributed by atoms with Gasteiger partial charge in [0.05, 0.1) is 11.1 Å². The lowest BCUT2D eigenvalue weighted by Crippen LogP contribution is -2.13. The summed E-state index contributed by atoms with van der Waals surface area (Å²) in [5, 5.41) is 15.3. The molecule has 0 amide bonds. The molecule has 3 atom stereocenters. The molecule has 2 aliphatic rings. The number of aromatic nitrogens is 2. The van der Waals surface area contributed by atoms with E-state index in [4.69, 9.17) is 6.42 Å². The quantitative estimate of drug-likeness (QED) is 0.480. The van der Waals surface area contributed by atoms with Crippen molar-refractivity contribution >= 4 is 21.7 Å². The van der Waals surface area contributed by atoms with E-state index in [-0.39, 0.29) is 22.6 Å². The molecule has 6 rings (SSSR count). The zero-order valence-corrected chi connectivity index (χ0v) is 16.8. The van der Waals surface area contributed by atoms with Crippen molar-refractivity contribution in [1.29, 1.82) is 0 Å². The second kappa shape index (κ2) is 6.29. The summed E-state index contributed by atoms with van der Waals surface area (Å²) < 4.78 is 32.1. The molecule has 6 heteroatoms. The number of hydrogen-bond donors (Lipinski definition) is 2. The Morgan fingerprint density at radius 2 is 2.00 bits per heavy atom. The summed E-state index contributed by atoms with van der Waals surface area (Å²) in [6.07, 6.45) is 9.25. The van der Waals surface area contributed by atoms with Crippen molar-refractivity contribution in [2.45, 2.75) is 5.92 Å². The van der Waals surface area contributed by atoms with Crippen molar-refractivity contribution in [3.63, 3.8) is 0 Å². The lowest BCUT2D eigenvalue weighted by molar-refractivity contribution is 0.476. The topological polar surface area (TPSA) is 50.1 Å². The normalized spacial score (nSPS) is 22.1. The smallest absolute Gasteiger partial charge is 0.173 e. The van der Waals surface area contributed by atoms with Crippen LogP contribution in [0.3, 0.4) is 0 Å². The third-order valence-corrected chi connectivity index (χ3v) is 6.89. The maximum Gasteiger partial charge on any atom is 0.173 e. The van der Waals surface area contributed by atoms with Crippen LogP contribution < -0.4 is 5.32 Å². The predicted octanol–water partition coefficient (Wildman–Crippen LogP) is 4.29. The van der Waals surface area contributed by atoms with E-state index < -0.39 is 11.6 Å². The van der Waals surface area contributed by atoms with Gasteiger partial charge in [-0.3, -0.25) is 4.98 Å². The molecule has 0 bridgehead atoms. The van der Waals surface area contributed by atoms with Gasteiger partial charge in [-0.15, -0.1) is 6.42 Å². The number of rotatable bonds is 2. The van der Waals surface area contributed by atoms with Crippen molar-refractivity contribution in [3.05, 3.63) is 59.4 Å². The molecule has 2 aromatic carbocycles. The predicted molar refractivity (Wildman–Crippen MR) is 116 cm³/mol. The number of piperidine rings is 1. The number of aromatic hydroxyl groups is 1. The van der Waals surface area contributed by atoms with E-state index in [2.05, 4.69) is 16.2 Å². The van der Waals surface area contributed by atoms with Crippen LogP contribution in [0, 0.1) is 35.8 Å². The number of fused-ring (bicyclic) bond motifs is 3. The number of hydrogen-bond acceptors (Lipinski definition) is 3. The fraction of sp³-hybridized carbons (Fsp3) is 0.240. The summed E-state index contributed by atoms with van der Waals surface area (Å²) in [4.78, 5) is 4.44. The minimum absolute atomic E-state index is 0.0275. The Balaban J connectivity index is 1.61. The highest BCUT2D eigenvalue weighted by Crippen LogP contribution is 2.57. The minimum atomic E-state index is -0.571. The van der Waals surface area contributed by atoms with Crippen LogP contribution in [-0.2, 0) is 7.05 Å².